The average Bonchev–Trinajstić information content (AvgIpc) is 2.91. The van der Waals surface area contributed by atoms with Crippen molar-refractivity contribution in [3.8, 4) is 0 Å². The van der Waals surface area contributed by atoms with Crippen molar-refractivity contribution in [2.75, 3.05) is 0 Å². The minimum Gasteiger partial charge on any atom is -0.147 e. The molecule has 0 aromatic rings. The minimum atomic E-state index is -2.91. The van der Waals surface area contributed by atoms with Crippen LogP contribution in [0.25, 0.3) is 0 Å². The Kier molecular flexibility index (Phi) is 7.85. The average molecular weight is 451 g/mol. The molecule has 2 aliphatic rings. The first-order valence-corrected chi connectivity index (χ1v) is 18.1. The fraction of sp³-hybridized carbons (Fsp3) is 0.636. The Morgan fingerprint density at radius 1 is 0.731 bits per heavy atom. The van der Waals surface area contributed by atoms with Crippen LogP contribution in [0, 0.1) is 10.8 Å². The van der Waals surface area contributed by atoms with Crippen LogP contribution in [0.15, 0.2) is 42.2 Å². The van der Waals surface area contributed by atoms with Gasteiger partial charge in [-0.05, 0) is 0 Å². The first kappa shape index (κ1) is 26.5. The first-order valence-electron chi connectivity index (χ1n) is 9.42. The Balaban J connectivity index is 0.00000312. The molecule has 2 rings (SSSR count). The van der Waals surface area contributed by atoms with Crippen LogP contribution in [0.4, 0.5) is 0 Å². The maximum Gasteiger partial charge on any atom is -0.147 e. The van der Waals surface area contributed by atoms with Crippen LogP contribution in [0.1, 0.15) is 68.2 Å². The van der Waals surface area contributed by atoms with E-state index in [4.69, 9.17) is 0 Å². The van der Waals surface area contributed by atoms with Crippen molar-refractivity contribution in [2.24, 2.45) is 10.8 Å². The molecule has 0 fully saturated rings. The fourth-order valence-electron chi connectivity index (χ4n) is 4.47. The van der Waals surface area contributed by atoms with Gasteiger partial charge in [0, 0.05) is 0 Å². The summed E-state index contributed by atoms with van der Waals surface area (Å²) in [5.74, 6) is 0. The van der Waals surface area contributed by atoms with Gasteiger partial charge in [0.1, 0.15) is 0 Å². The Bertz CT molecular complexity index is 712. The number of halogens is 2. The third-order valence-electron chi connectivity index (χ3n) is 5.89. The van der Waals surface area contributed by atoms with Crippen molar-refractivity contribution in [1.82, 2.24) is 0 Å². The number of hydrogen-bond acceptors (Lipinski definition) is 0. The molecule has 150 valence electrons. The molecule has 0 saturated heterocycles. The standard InChI is InChI=1S/2C10H15.2CH3.2ClH.H2Si.Ti/c2*1-8-5-6-9(7-8)10(2,3)4;;;;;;/h2*7H,5H2,1-4H3;2*1H3;2*1H;1H2;. The molecule has 0 aromatic carbocycles. The third kappa shape index (κ3) is 4.90. The Hall–Kier alpha value is 0.471. The summed E-state index contributed by atoms with van der Waals surface area (Å²) in [6.45, 7) is 19.0. The zero-order chi connectivity index (χ0) is 18.7. The normalized spacial score (nSPS) is 19.2. The SMILES string of the molecule is CC1=CC(C(C)(C)C)=[C]([Ti]([CH3])([CH3])(=[SiH2])[C]2=C(C(C)(C)C)C=C(C)C2)C1.Cl.Cl. The Morgan fingerprint density at radius 2 is 1.00 bits per heavy atom. The van der Waals surface area contributed by atoms with Crippen LogP contribution in [-0.2, 0) is 14.0 Å². The van der Waals surface area contributed by atoms with Crippen LogP contribution < -0.4 is 0 Å². The summed E-state index contributed by atoms with van der Waals surface area (Å²) in [6.07, 6.45) is 7.43. The summed E-state index contributed by atoms with van der Waals surface area (Å²) in [5.41, 5.74) is 6.88. The topological polar surface area (TPSA) is 0 Å². The molecule has 26 heavy (non-hydrogen) atoms. The maximum absolute atomic E-state index is 2.91. The molecule has 0 aromatic heterocycles. The molecule has 0 spiro atoms. The van der Waals surface area contributed by atoms with Gasteiger partial charge in [0.15, 0.2) is 0 Å². The third-order valence-corrected chi connectivity index (χ3v) is 16.9. The van der Waals surface area contributed by atoms with Gasteiger partial charge < -0.3 is 0 Å². The largest absolute Gasteiger partial charge is 0.147 e. The Morgan fingerprint density at radius 3 is 1.23 bits per heavy atom. The first-order chi connectivity index (χ1) is 10.5. The molecule has 0 bridgehead atoms. The van der Waals surface area contributed by atoms with E-state index >= 15 is 0 Å². The van der Waals surface area contributed by atoms with E-state index < -0.39 is 14.0 Å². The van der Waals surface area contributed by atoms with Gasteiger partial charge in [0.25, 0.3) is 0 Å². The van der Waals surface area contributed by atoms with E-state index in [1.165, 1.54) is 12.8 Å². The van der Waals surface area contributed by atoms with E-state index in [2.05, 4.69) is 85.6 Å². The van der Waals surface area contributed by atoms with E-state index in [0.717, 1.165) is 0 Å². The van der Waals surface area contributed by atoms with Gasteiger partial charge >= 0.3 is 153 Å². The molecule has 0 radical (unpaired) electrons. The Labute approximate surface area is 177 Å². The molecule has 0 saturated carbocycles. The van der Waals surface area contributed by atoms with Gasteiger partial charge in [-0.2, -0.15) is 0 Å². The zero-order valence-corrected chi connectivity index (χ0v) is 23.2. The molecule has 0 heterocycles. The summed E-state index contributed by atoms with van der Waals surface area (Å²) in [5, 5.41) is 5.35. The summed E-state index contributed by atoms with van der Waals surface area (Å²) < 4.78 is 3.66. The van der Waals surface area contributed by atoms with Crippen LogP contribution in [-0.4, -0.2) is 7.63 Å². The molecule has 0 N–H and O–H groups in total. The quantitative estimate of drug-likeness (QED) is 0.382. The molecular formula is C22H40Cl2SiTi. The van der Waals surface area contributed by atoms with E-state index in [1.54, 1.807) is 22.3 Å². The van der Waals surface area contributed by atoms with Crippen molar-refractivity contribution in [3.63, 3.8) is 0 Å². The van der Waals surface area contributed by atoms with E-state index in [0.29, 0.717) is 0 Å². The van der Waals surface area contributed by atoms with Crippen molar-refractivity contribution >= 4 is 32.4 Å². The van der Waals surface area contributed by atoms with Gasteiger partial charge in [-0.1, -0.05) is 0 Å². The predicted molar refractivity (Wildman–Crippen MR) is 124 cm³/mol. The second-order valence-corrected chi connectivity index (χ2v) is 30.3. The van der Waals surface area contributed by atoms with Crippen molar-refractivity contribution in [3.05, 3.63) is 42.2 Å². The van der Waals surface area contributed by atoms with E-state index in [-0.39, 0.29) is 35.6 Å². The molecule has 4 heteroatoms. The predicted octanol–water partition coefficient (Wildman–Crippen LogP) is 7.46. The summed E-state index contributed by atoms with van der Waals surface area (Å²) >= 11 is -2.91. The summed E-state index contributed by atoms with van der Waals surface area (Å²) in [7, 11) is 2.40. The number of allylic oxidation sites excluding steroid dienone is 8. The minimum absolute atomic E-state index is 0. The second-order valence-electron chi connectivity index (χ2n) is 11.3. The molecule has 0 aliphatic heterocycles. The van der Waals surface area contributed by atoms with Gasteiger partial charge in [-0.3, -0.25) is 0 Å². The second kappa shape index (κ2) is 7.71. The monoisotopic (exact) mass is 450 g/mol. The van der Waals surface area contributed by atoms with Crippen LogP contribution in [0.3, 0.4) is 0 Å². The van der Waals surface area contributed by atoms with Gasteiger partial charge in [-0.15, -0.1) is 24.8 Å². The van der Waals surface area contributed by atoms with Crippen molar-refractivity contribution < 1.29 is 14.0 Å². The molecule has 0 nitrogen and oxygen atoms in total. The molecular weight excluding hydrogens is 411 g/mol. The fourth-order valence-corrected chi connectivity index (χ4v) is 14.4. The van der Waals surface area contributed by atoms with Gasteiger partial charge in [-0.25, -0.2) is 0 Å². The number of hydrogen-bond donors (Lipinski definition) is 0. The maximum atomic E-state index is 2.68. The smallest absolute Gasteiger partial charge is 0.147 e. The van der Waals surface area contributed by atoms with Gasteiger partial charge in [0.05, 0.1) is 0 Å². The van der Waals surface area contributed by atoms with E-state index in [9.17, 15) is 0 Å². The van der Waals surface area contributed by atoms with Crippen LogP contribution in [0.2, 0.25) is 10.5 Å². The van der Waals surface area contributed by atoms with Crippen molar-refractivity contribution in [2.45, 2.75) is 78.7 Å². The number of rotatable bonds is 2. The van der Waals surface area contributed by atoms with Crippen LogP contribution in [0.5, 0.6) is 0 Å². The van der Waals surface area contributed by atoms with E-state index in [1.807, 2.05) is 7.76 Å². The summed E-state index contributed by atoms with van der Waals surface area (Å²) in [6, 6.07) is 0. The molecule has 0 unspecified atom stereocenters. The molecule has 0 amide bonds. The van der Waals surface area contributed by atoms with Crippen LogP contribution >= 0.6 is 24.8 Å². The van der Waals surface area contributed by atoms with Gasteiger partial charge in [0.2, 0.25) is 0 Å². The molecule has 0 atom stereocenters. The van der Waals surface area contributed by atoms with Crippen molar-refractivity contribution in [1.29, 1.82) is 0 Å². The molecule has 2 aliphatic carbocycles. The zero-order valence-electron chi connectivity index (χ0n) is 18.6. The summed E-state index contributed by atoms with van der Waals surface area (Å²) in [4.78, 5) is 0.